The van der Waals surface area contributed by atoms with E-state index in [1.54, 1.807) is 12.2 Å². The van der Waals surface area contributed by atoms with Gasteiger partial charge < -0.3 is 9.84 Å². The van der Waals surface area contributed by atoms with Crippen molar-refractivity contribution in [2.24, 2.45) is 0 Å². The molecule has 1 aliphatic heterocycles. The molecule has 18 heavy (non-hydrogen) atoms. The van der Waals surface area contributed by atoms with Crippen molar-refractivity contribution in [1.29, 1.82) is 0 Å². The molecule has 0 fully saturated rings. The van der Waals surface area contributed by atoms with Crippen LogP contribution in [-0.4, -0.2) is 33.8 Å². The molecule has 1 N–H and O–H groups in total. The number of hydrogen-bond donors (Lipinski definition) is 1. The van der Waals surface area contributed by atoms with Gasteiger partial charge in [0.2, 0.25) is 0 Å². The zero-order chi connectivity index (χ0) is 14.4. The third-order valence-electron chi connectivity index (χ3n) is 1.67. The molecular weight excluding hydrogens is 230 g/mol. The van der Waals surface area contributed by atoms with Gasteiger partial charge in [-0.15, -0.1) is 0 Å². The van der Waals surface area contributed by atoms with Gasteiger partial charge in [-0.1, -0.05) is 12.2 Å². The lowest BCUT2D eigenvalue weighted by Gasteiger charge is -2.30. The van der Waals surface area contributed by atoms with Gasteiger partial charge in [0.1, 0.15) is 0 Å². The number of ether oxygens (including phenoxy) is 1. The zero-order valence-electron chi connectivity index (χ0n) is 12.2. The lowest BCUT2D eigenvalue weighted by molar-refractivity contribution is -0.102. The van der Waals surface area contributed by atoms with Gasteiger partial charge in [0.15, 0.2) is 0 Å². The predicted molar refractivity (Wildman–Crippen MR) is 73.6 cm³/mol. The maximum atomic E-state index is 10.2. The molecule has 0 aromatic rings. The summed E-state index contributed by atoms with van der Waals surface area (Å²) in [6, 6.07) is 0. The molecule has 4 heteroatoms. The fourth-order valence-corrected chi connectivity index (χ4v) is 1.53. The predicted octanol–water partition coefficient (Wildman–Crippen LogP) is 3.65. The molecular formula is C14H25NO3. The van der Waals surface area contributed by atoms with Crippen molar-refractivity contribution in [1.82, 2.24) is 4.90 Å². The van der Waals surface area contributed by atoms with Crippen LogP contribution in [0.4, 0.5) is 4.79 Å². The quantitative estimate of drug-likeness (QED) is 0.718. The van der Waals surface area contributed by atoms with Crippen LogP contribution in [0.15, 0.2) is 24.4 Å². The van der Waals surface area contributed by atoms with E-state index in [0.29, 0.717) is 6.54 Å². The Hall–Kier alpha value is -1.29. The second-order valence-electron chi connectivity index (χ2n) is 6.03. The molecule has 1 amide bonds. The zero-order valence-corrected chi connectivity index (χ0v) is 12.2. The number of nitrogens with zero attached hydrogens (tertiary/aromatic N) is 1. The highest BCUT2D eigenvalue weighted by Gasteiger charge is 2.19. The second-order valence-corrected chi connectivity index (χ2v) is 6.03. The van der Waals surface area contributed by atoms with Crippen LogP contribution in [0.3, 0.4) is 0 Å². The van der Waals surface area contributed by atoms with Crippen molar-refractivity contribution in [3.8, 4) is 0 Å². The lowest BCUT2D eigenvalue weighted by Crippen LogP contribution is -2.31. The molecule has 104 valence electrons. The Labute approximate surface area is 110 Å². The van der Waals surface area contributed by atoms with Crippen molar-refractivity contribution >= 4 is 6.09 Å². The monoisotopic (exact) mass is 255 g/mol. The van der Waals surface area contributed by atoms with Gasteiger partial charge in [-0.25, -0.2) is 4.79 Å². The summed E-state index contributed by atoms with van der Waals surface area (Å²) in [5.74, 6) is 0. The summed E-state index contributed by atoms with van der Waals surface area (Å²) >= 11 is 0. The molecule has 0 aliphatic carbocycles. The highest BCUT2D eigenvalue weighted by Crippen LogP contribution is 2.17. The summed E-state index contributed by atoms with van der Waals surface area (Å²) in [6.45, 7) is 12.9. The molecule has 0 saturated carbocycles. The summed E-state index contributed by atoms with van der Waals surface area (Å²) in [6.07, 6.45) is 5.92. The molecule has 0 atom stereocenters. The maximum absolute atomic E-state index is 10.2. The van der Waals surface area contributed by atoms with Crippen molar-refractivity contribution in [2.75, 3.05) is 6.54 Å². The standard InChI is InChI=1S/C8H18O.C6H7NO2/c1-7(2,3)9-8(4,5)6;8-6(9)7-4-2-1-3-5-7/h1-6H3;1-4H,5H2,(H,8,9). The smallest absolute Gasteiger partial charge is 0.411 e. The minimum Gasteiger partial charge on any atom is -0.465 e. The number of hydrogen-bond acceptors (Lipinski definition) is 2. The number of rotatable bonds is 0. The normalized spacial score (nSPS) is 15.1. The molecule has 1 heterocycles. The molecule has 0 radical (unpaired) electrons. The molecule has 4 nitrogen and oxygen atoms in total. The summed E-state index contributed by atoms with van der Waals surface area (Å²) in [5, 5.41) is 8.38. The number of allylic oxidation sites excluding steroid dienone is 2. The summed E-state index contributed by atoms with van der Waals surface area (Å²) in [4.78, 5) is 11.4. The fourth-order valence-electron chi connectivity index (χ4n) is 1.53. The van der Waals surface area contributed by atoms with Crippen LogP contribution in [0.25, 0.3) is 0 Å². The number of carbonyl (C=O) groups is 1. The van der Waals surface area contributed by atoms with E-state index in [4.69, 9.17) is 9.84 Å². The van der Waals surface area contributed by atoms with Gasteiger partial charge in [-0.05, 0) is 47.6 Å². The minimum absolute atomic E-state index is 0.0156. The van der Waals surface area contributed by atoms with Gasteiger partial charge >= 0.3 is 6.09 Å². The average molecular weight is 255 g/mol. The van der Waals surface area contributed by atoms with Crippen LogP contribution in [0, 0.1) is 0 Å². The highest BCUT2D eigenvalue weighted by molar-refractivity contribution is 5.66. The van der Waals surface area contributed by atoms with Gasteiger partial charge in [0.05, 0.1) is 11.2 Å². The number of carboxylic acid groups (broad SMARTS) is 1. The molecule has 0 bridgehead atoms. The summed E-state index contributed by atoms with van der Waals surface area (Å²) < 4.78 is 5.62. The van der Waals surface area contributed by atoms with Gasteiger partial charge in [-0.2, -0.15) is 0 Å². The van der Waals surface area contributed by atoms with Crippen LogP contribution in [-0.2, 0) is 4.74 Å². The Balaban J connectivity index is 0.000000321. The molecule has 1 aliphatic rings. The highest BCUT2D eigenvalue weighted by atomic mass is 16.5. The van der Waals surface area contributed by atoms with Crippen LogP contribution in [0.1, 0.15) is 41.5 Å². The van der Waals surface area contributed by atoms with Crippen molar-refractivity contribution < 1.29 is 14.6 Å². The molecule has 0 spiro atoms. The Bertz CT molecular complexity index is 307. The Morgan fingerprint density at radius 3 is 1.78 bits per heavy atom. The number of amides is 1. The topological polar surface area (TPSA) is 49.8 Å². The van der Waals surface area contributed by atoms with Crippen molar-refractivity contribution in [2.45, 2.75) is 52.7 Å². The van der Waals surface area contributed by atoms with E-state index in [1.165, 1.54) is 11.1 Å². The Morgan fingerprint density at radius 2 is 1.61 bits per heavy atom. The van der Waals surface area contributed by atoms with E-state index >= 15 is 0 Å². The van der Waals surface area contributed by atoms with Gasteiger partial charge in [0.25, 0.3) is 0 Å². The van der Waals surface area contributed by atoms with E-state index in [1.807, 2.05) is 6.08 Å². The maximum Gasteiger partial charge on any atom is 0.411 e. The van der Waals surface area contributed by atoms with E-state index in [-0.39, 0.29) is 11.2 Å². The van der Waals surface area contributed by atoms with E-state index in [0.717, 1.165) is 0 Å². The SMILES string of the molecule is CC(C)(C)OC(C)(C)C.O=C(O)N1C=CC=CC1. The summed E-state index contributed by atoms with van der Waals surface area (Å²) in [5.41, 5.74) is -0.0312. The van der Waals surface area contributed by atoms with Crippen LogP contribution in [0.5, 0.6) is 0 Å². The van der Waals surface area contributed by atoms with Crippen LogP contribution < -0.4 is 0 Å². The van der Waals surface area contributed by atoms with Crippen LogP contribution >= 0.6 is 0 Å². The Morgan fingerprint density at radius 1 is 1.11 bits per heavy atom. The van der Waals surface area contributed by atoms with E-state index in [9.17, 15) is 4.79 Å². The van der Waals surface area contributed by atoms with E-state index < -0.39 is 6.09 Å². The molecule has 0 aromatic carbocycles. The molecule has 1 rings (SSSR count). The molecule has 0 saturated heterocycles. The first-order valence-corrected chi connectivity index (χ1v) is 6.04. The average Bonchev–Trinajstić information content (AvgIpc) is 2.14. The third-order valence-corrected chi connectivity index (χ3v) is 1.67. The largest absolute Gasteiger partial charge is 0.465 e. The first kappa shape index (κ1) is 16.7. The van der Waals surface area contributed by atoms with Crippen LogP contribution in [0.2, 0.25) is 0 Å². The Kier molecular flexibility index (Phi) is 6.12. The fraction of sp³-hybridized carbons (Fsp3) is 0.643. The van der Waals surface area contributed by atoms with Gasteiger partial charge in [0, 0.05) is 12.7 Å². The second kappa shape index (κ2) is 6.59. The lowest BCUT2D eigenvalue weighted by atomic mass is 10.1. The van der Waals surface area contributed by atoms with Crippen molar-refractivity contribution in [3.63, 3.8) is 0 Å². The third kappa shape index (κ3) is 9.90. The van der Waals surface area contributed by atoms with E-state index in [2.05, 4.69) is 41.5 Å². The van der Waals surface area contributed by atoms with Gasteiger partial charge in [-0.3, -0.25) is 4.90 Å². The summed E-state index contributed by atoms with van der Waals surface area (Å²) in [7, 11) is 0. The molecule has 0 unspecified atom stereocenters. The molecule has 0 aromatic heterocycles. The van der Waals surface area contributed by atoms with Crippen molar-refractivity contribution in [3.05, 3.63) is 24.4 Å². The first-order valence-electron chi connectivity index (χ1n) is 6.04. The minimum atomic E-state index is -0.907. The first-order chi connectivity index (χ1) is 8.01.